The van der Waals surface area contributed by atoms with E-state index in [2.05, 4.69) is 12.0 Å². The zero-order chi connectivity index (χ0) is 14.5. The molecule has 20 heavy (non-hydrogen) atoms. The number of ether oxygens (including phenoxy) is 1. The van der Waals surface area contributed by atoms with Gasteiger partial charge in [-0.25, -0.2) is 0 Å². The molecule has 1 aromatic heterocycles. The van der Waals surface area contributed by atoms with Crippen molar-refractivity contribution in [1.82, 2.24) is 9.78 Å². The van der Waals surface area contributed by atoms with E-state index in [1.165, 1.54) is 19.3 Å². The topological polar surface area (TPSA) is 53.1 Å². The monoisotopic (exact) mass is 299 g/mol. The number of halogens is 1. The summed E-state index contributed by atoms with van der Waals surface area (Å²) in [7, 11) is 1.70. The van der Waals surface area contributed by atoms with Crippen LogP contribution in [-0.2, 0) is 11.3 Å². The molecule has 1 aliphatic rings. The van der Waals surface area contributed by atoms with Crippen LogP contribution in [0.5, 0.6) is 0 Å². The van der Waals surface area contributed by atoms with E-state index in [0.717, 1.165) is 36.0 Å². The normalized spacial score (nSPS) is 26.9. The molecule has 0 saturated heterocycles. The molecule has 2 rings (SSSR count). The number of aromatic nitrogens is 2. The van der Waals surface area contributed by atoms with Crippen LogP contribution in [0.15, 0.2) is 6.20 Å². The van der Waals surface area contributed by atoms with Crippen LogP contribution in [0.2, 0.25) is 5.02 Å². The predicted molar refractivity (Wildman–Crippen MR) is 82.1 cm³/mol. The molecule has 0 bridgehead atoms. The second-order valence-electron chi connectivity index (χ2n) is 5.83. The lowest BCUT2D eigenvalue weighted by atomic mass is 9.75. The quantitative estimate of drug-likeness (QED) is 0.877. The minimum atomic E-state index is 0.193. The van der Waals surface area contributed by atoms with Gasteiger partial charge in [-0.15, -0.1) is 0 Å². The minimum Gasteiger partial charge on any atom is -0.383 e. The predicted octanol–water partition coefficient (Wildman–Crippen LogP) is 3.19. The Hall–Kier alpha value is -0.580. The standard InChI is InChI=1S/C15H26ClN3O/c1-3-4-11-5-6-14(17)12(9-11)15-13(16)10-18-19(15)7-8-20-2/h10-12,14H,3-9,17H2,1-2H3. The Bertz CT molecular complexity index is 421. The van der Waals surface area contributed by atoms with Gasteiger partial charge in [-0.3, -0.25) is 4.68 Å². The first-order valence-corrected chi connectivity index (χ1v) is 8.00. The molecule has 1 saturated carbocycles. The van der Waals surface area contributed by atoms with Gasteiger partial charge in [0.15, 0.2) is 0 Å². The molecular weight excluding hydrogens is 274 g/mol. The Morgan fingerprint density at radius 3 is 3.00 bits per heavy atom. The summed E-state index contributed by atoms with van der Waals surface area (Å²) in [5.41, 5.74) is 7.47. The summed E-state index contributed by atoms with van der Waals surface area (Å²) in [6, 6.07) is 0.193. The zero-order valence-electron chi connectivity index (χ0n) is 12.5. The number of nitrogens with two attached hydrogens (primary N) is 1. The van der Waals surface area contributed by atoms with Crippen LogP contribution >= 0.6 is 11.6 Å². The van der Waals surface area contributed by atoms with Crippen LogP contribution in [-0.4, -0.2) is 29.5 Å². The second kappa shape index (κ2) is 7.43. The van der Waals surface area contributed by atoms with Crippen molar-refractivity contribution in [2.45, 2.75) is 57.5 Å². The maximum atomic E-state index is 6.37. The summed E-state index contributed by atoms with van der Waals surface area (Å²) >= 11 is 6.37. The molecule has 5 heteroatoms. The molecule has 1 aliphatic carbocycles. The van der Waals surface area contributed by atoms with Crippen molar-refractivity contribution in [2.75, 3.05) is 13.7 Å². The van der Waals surface area contributed by atoms with Crippen molar-refractivity contribution in [2.24, 2.45) is 11.7 Å². The molecule has 0 amide bonds. The number of hydrogen-bond acceptors (Lipinski definition) is 3. The summed E-state index contributed by atoms with van der Waals surface area (Å²) in [4.78, 5) is 0. The summed E-state index contributed by atoms with van der Waals surface area (Å²) in [6.45, 7) is 3.63. The van der Waals surface area contributed by atoms with E-state index in [0.29, 0.717) is 12.5 Å². The van der Waals surface area contributed by atoms with Gasteiger partial charge in [0, 0.05) is 19.1 Å². The summed E-state index contributed by atoms with van der Waals surface area (Å²) < 4.78 is 7.13. The molecule has 3 unspecified atom stereocenters. The van der Waals surface area contributed by atoms with Crippen molar-refractivity contribution < 1.29 is 4.74 Å². The molecule has 0 aromatic carbocycles. The van der Waals surface area contributed by atoms with Crippen LogP contribution in [0, 0.1) is 5.92 Å². The molecule has 114 valence electrons. The summed E-state index contributed by atoms with van der Waals surface area (Å²) in [5, 5.41) is 5.13. The van der Waals surface area contributed by atoms with Crippen LogP contribution < -0.4 is 5.73 Å². The van der Waals surface area contributed by atoms with Crippen LogP contribution in [0.25, 0.3) is 0 Å². The van der Waals surface area contributed by atoms with Gasteiger partial charge in [0.05, 0.1) is 30.1 Å². The Labute approximate surface area is 126 Å². The number of methoxy groups -OCH3 is 1. The van der Waals surface area contributed by atoms with Crippen molar-refractivity contribution in [3.05, 3.63) is 16.9 Å². The van der Waals surface area contributed by atoms with E-state index in [4.69, 9.17) is 22.1 Å². The molecule has 4 nitrogen and oxygen atoms in total. The highest BCUT2D eigenvalue weighted by molar-refractivity contribution is 6.31. The lowest BCUT2D eigenvalue weighted by molar-refractivity contribution is 0.179. The molecule has 3 atom stereocenters. The Kier molecular flexibility index (Phi) is 5.87. The Balaban J connectivity index is 2.17. The van der Waals surface area contributed by atoms with Crippen LogP contribution in [0.3, 0.4) is 0 Å². The van der Waals surface area contributed by atoms with Gasteiger partial charge in [-0.2, -0.15) is 5.10 Å². The highest BCUT2D eigenvalue weighted by Crippen LogP contribution is 2.39. The average Bonchev–Trinajstić information content (AvgIpc) is 2.80. The van der Waals surface area contributed by atoms with E-state index in [-0.39, 0.29) is 6.04 Å². The van der Waals surface area contributed by atoms with Crippen molar-refractivity contribution in [3.63, 3.8) is 0 Å². The Morgan fingerprint density at radius 2 is 2.30 bits per heavy atom. The molecule has 1 aromatic rings. The van der Waals surface area contributed by atoms with Crippen LogP contribution in [0.4, 0.5) is 0 Å². The summed E-state index contributed by atoms with van der Waals surface area (Å²) in [5.74, 6) is 1.10. The molecule has 0 aliphatic heterocycles. The van der Waals surface area contributed by atoms with E-state index < -0.39 is 0 Å². The largest absolute Gasteiger partial charge is 0.383 e. The highest BCUT2D eigenvalue weighted by atomic mass is 35.5. The van der Waals surface area contributed by atoms with E-state index in [9.17, 15) is 0 Å². The minimum absolute atomic E-state index is 0.193. The first kappa shape index (κ1) is 15.8. The molecule has 2 N–H and O–H groups in total. The van der Waals surface area contributed by atoms with Crippen molar-refractivity contribution >= 4 is 11.6 Å². The summed E-state index contributed by atoms with van der Waals surface area (Å²) in [6.07, 6.45) is 7.73. The molecular formula is C15H26ClN3O. The van der Waals surface area contributed by atoms with Gasteiger partial charge in [0.2, 0.25) is 0 Å². The molecule has 1 fully saturated rings. The van der Waals surface area contributed by atoms with Gasteiger partial charge >= 0.3 is 0 Å². The maximum absolute atomic E-state index is 6.37. The zero-order valence-corrected chi connectivity index (χ0v) is 13.3. The van der Waals surface area contributed by atoms with Gasteiger partial charge in [0.1, 0.15) is 0 Å². The van der Waals surface area contributed by atoms with Gasteiger partial charge in [-0.05, 0) is 25.2 Å². The Morgan fingerprint density at radius 1 is 1.50 bits per heavy atom. The number of rotatable bonds is 6. The van der Waals surface area contributed by atoms with Gasteiger partial charge in [-0.1, -0.05) is 31.4 Å². The van der Waals surface area contributed by atoms with Crippen molar-refractivity contribution in [3.8, 4) is 0 Å². The highest BCUT2D eigenvalue weighted by Gasteiger charge is 2.32. The average molecular weight is 300 g/mol. The van der Waals surface area contributed by atoms with E-state index in [1.807, 2.05) is 4.68 Å². The van der Waals surface area contributed by atoms with Gasteiger partial charge in [0.25, 0.3) is 0 Å². The fourth-order valence-corrected chi connectivity index (χ4v) is 3.64. The SMILES string of the molecule is CCCC1CCC(N)C(c2c(Cl)cnn2CCOC)C1. The third-order valence-corrected chi connectivity index (χ3v) is 4.69. The fourth-order valence-electron chi connectivity index (χ4n) is 3.36. The first-order chi connectivity index (χ1) is 9.67. The van der Waals surface area contributed by atoms with Gasteiger partial charge < -0.3 is 10.5 Å². The third kappa shape index (κ3) is 3.54. The lowest BCUT2D eigenvalue weighted by Crippen LogP contribution is -2.36. The smallest absolute Gasteiger partial charge is 0.0821 e. The first-order valence-electron chi connectivity index (χ1n) is 7.63. The van der Waals surface area contributed by atoms with Crippen LogP contribution in [0.1, 0.15) is 50.6 Å². The fraction of sp³-hybridized carbons (Fsp3) is 0.800. The molecule has 0 spiro atoms. The van der Waals surface area contributed by atoms with E-state index in [1.54, 1.807) is 13.3 Å². The molecule has 0 radical (unpaired) electrons. The lowest BCUT2D eigenvalue weighted by Gasteiger charge is -2.34. The van der Waals surface area contributed by atoms with E-state index >= 15 is 0 Å². The number of nitrogens with zero attached hydrogens (tertiary/aromatic N) is 2. The third-order valence-electron chi connectivity index (χ3n) is 4.40. The molecule has 1 heterocycles. The second-order valence-corrected chi connectivity index (χ2v) is 6.24. The maximum Gasteiger partial charge on any atom is 0.0821 e. The van der Waals surface area contributed by atoms with Crippen molar-refractivity contribution in [1.29, 1.82) is 0 Å². The number of hydrogen-bond donors (Lipinski definition) is 1.